The first kappa shape index (κ1) is 16.5. The van der Waals surface area contributed by atoms with E-state index in [4.69, 9.17) is 21.1 Å². The molecule has 0 fully saturated rings. The van der Waals surface area contributed by atoms with Gasteiger partial charge in [-0.3, -0.25) is 9.59 Å². The van der Waals surface area contributed by atoms with Crippen molar-refractivity contribution >= 4 is 23.4 Å². The van der Waals surface area contributed by atoms with E-state index in [1.165, 1.54) is 7.11 Å². The molecule has 0 atom stereocenters. The molecule has 1 aromatic rings. The van der Waals surface area contributed by atoms with E-state index in [1.807, 2.05) is 0 Å². The highest BCUT2D eigenvalue weighted by molar-refractivity contribution is 6.30. The second-order valence-electron chi connectivity index (χ2n) is 4.28. The molecule has 0 saturated heterocycles. The maximum Gasteiger partial charge on any atom is 0.305 e. The van der Waals surface area contributed by atoms with E-state index in [1.54, 1.807) is 25.1 Å². The van der Waals surface area contributed by atoms with Gasteiger partial charge in [-0.1, -0.05) is 11.6 Å². The van der Waals surface area contributed by atoms with Gasteiger partial charge in [-0.15, -0.1) is 0 Å². The molecule has 0 aliphatic rings. The Hall–Kier alpha value is -1.55. The van der Waals surface area contributed by atoms with Crippen LogP contribution in [0.5, 0.6) is 5.75 Å². The van der Waals surface area contributed by atoms with Crippen molar-refractivity contribution in [2.75, 3.05) is 13.7 Å². The van der Waals surface area contributed by atoms with E-state index >= 15 is 0 Å². The Labute approximate surface area is 124 Å². The Morgan fingerprint density at radius 3 is 2.55 bits per heavy atom. The minimum Gasteiger partial charge on any atom is -0.496 e. The minimum atomic E-state index is -0.218. The van der Waals surface area contributed by atoms with Crippen molar-refractivity contribution in [2.45, 2.75) is 32.6 Å². The molecule has 0 aliphatic carbocycles. The predicted octanol–water partition coefficient (Wildman–Crippen LogP) is 3.65. The zero-order chi connectivity index (χ0) is 15.0. The van der Waals surface area contributed by atoms with Gasteiger partial charge in [0.05, 0.1) is 19.3 Å². The topological polar surface area (TPSA) is 52.6 Å². The molecule has 20 heavy (non-hydrogen) atoms. The van der Waals surface area contributed by atoms with Crippen LogP contribution in [0, 0.1) is 0 Å². The van der Waals surface area contributed by atoms with Crippen molar-refractivity contribution in [3.63, 3.8) is 0 Å². The number of Topliss-reactive ketones (excluding diaryl/α,β-unsaturated/α-hetero) is 1. The molecule has 1 rings (SSSR count). The molecule has 0 spiro atoms. The van der Waals surface area contributed by atoms with Gasteiger partial charge in [-0.05, 0) is 38.0 Å². The lowest BCUT2D eigenvalue weighted by molar-refractivity contribution is -0.143. The van der Waals surface area contributed by atoms with Crippen LogP contribution in [0.25, 0.3) is 0 Å². The standard InChI is InChI=1S/C15H19ClO4/c1-3-20-15(18)7-5-4-6-13(17)12-9-8-11(16)10-14(12)19-2/h8-10H,3-7H2,1-2H3. The van der Waals surface area contributed by atoms with Crippen LogP contribution in [0.4, 0.5) is 0 Å². The van der Waals surface area contributed by atoms with Crippen molar-refractivity contribution in [1.29, 1.82) is 0 Å². The van der Waals surface area contributed by atoms with Crippen LogP contribution >= 0.6 is 11.6 Å². The summed E-state index contributed by atoms with van der Waals surface area (Å²) in [5.74, 6) is 0.249. The monoisotopic (exact) mass is 298 g/mol. The van der Waals surface area contributed by atoms with Crippen LogP contribution in [-0.2, 0) is 9.53 Å². The fourth-order valence-electron chi connectivity index (χ4n) is 1.82. The predicted molar refractivity (Wildman–Crippen MR) is 77.4 cm³/mol. The number of rotatable bonds is 8. The van der Waals surface area contributed by atoms with Crippen molar-refractivity contribution in [3.05, 3.63) is 28.8 Å². The summed E-state index contributed by atoms with van der Waals surface area (Å²) in [6, 6.07) is 4.94. The van der Waals surface area contributed by atoms with Crippen LogP contribution in [0.3, 0.4) is 0 Å². The average molecular weight is 299 g/mol. The van der Waals surface area contributed by atoms with Gasteiger partial charge in [0.1, 0.15) is 5.75 Å². The van der Waals surface area contributed by atoms with E-state index in [2.05, 4.69) is 0 Å². The second-order valence-corrected chi connectivity index (χ2v) is 4.72. The molecule has 4 nitrogen and oxygen atoms in total. The van der Waals surface area contributed by atoms with Gasteiger partial charge in [-0.2, -0.15) is 0 Å². The molecule has 0 amide bonds. The summed E-state index contributed by atoms with van der Waals surface area (Å²) in [6.45, 7) is 2.16. The number of benzene rings is 1. The lowest BCUT2D eigenvalue weighted by Gasteiger charge is -2.08. The summed E-state index contributed by atoms with van der Waals surface area (Å²) < 4.78 is 9.97. The minimum absolute atomic E-state index is 0.0117. The Balaban J connectivity index is 2.45. The third kappa shape index (κ3) is 5.21. The van der Waals surface area contributed by atoms with E-state index in [0.29, 0.717) is 48.6 Å². The Morgan fingerprint density at radius 2 is 1.90 bits per heavy atom. The van der Waals surface area contributed by atoms with E-state index < -0.39 is 0 Å². The normalized spacial score (nSPS) is 10.2. The molecule has 0 heterocycles. The van der Waals surface area contributed by atoms with Crippen LogP contribution in [0.15, 0.2) is 18.2 Å². The number of unbranched alkanes of at least 4 members (excludes halogenated alkanes) is 1. The number of carbonyl (C=O) groups is 2. The van der Waals surface area contributed by atoms with E-state index in [-0.39, 0.29) is 11.8 Å². The molecule has 110 valence electrons. The van der Waals surface area contributed by atoms with Crippen LogP contribution in [-0.4, -0.2) is 25.5 Å². The molecule has 0 aliphatic heterocycles. The van der Waals surface area contributed by atoms with Gasteiger partial charge >= 0.3 is 5.97 Å². The Morgan fingerprint density at radius 1 is 1.20 bits per heavy atom. The van der Waals surface area contributed by atoms with Crippen LogP contribution in [0.2, 0.25) is 5.02 Å². The van der Waals surface area contributed by atoms with Gasteiger partial charge in [-0.25, -0.2) is 0 Å². The van der Waals surface area contributed by atoms with E-state index in [0.717, 1.165) is 0 Å². The molecular weight excluding hydrogens is 280 g/mol. The first-order chi connectivity index (χ1) is 9.58. The number of hydrogen-bond acceptors (Lipinski definition) is 4. The lowest BCUT2D eigenvalue weighted by Crippen LogP contribution is -2.05. The third-order valence-corrected chi connectivity index (χ3v) is 3.04. The number of carbonyl (C=O) groups excluding carboxylic acids is 2. The summed E-state index contributed by atoms with van der Waals surface area (Å²) in [5.41, 5.74) is 0.521. The summed E-state index contributed by atoms with van der Waals surface area (Å²) in [4.78, 5) is 23.2. The highest BCUT2D eigenvalue weighted by Gasteiger charge is 2.12. The highest BCUT2D eigenvalue weighted by Crippen LogP contribution is 2.24. The van der Waals surface area contributed by atoms with Crippen molar-refractivity contribution < 1.29 is 19.1 Å². The molecule has 1 aromatic carbocycles. The Bertz CT molecular complexity index is 471. The quantitative estimate of drug-likeness (QED) is 0.417. The number of hydrogen-bond donors (Lipinski definition) is 0. The number of halogens is 1. The number of methoxy groups -OCH3 is 1. The summed E-state index contributed by atoms with van der Waals surface area (Å²) >= 11 is 5.85. The van der Waals surface area contributed by atoms with Gasteiger partial charge in [0, 0.05) is 17.9 Å². The molecule has 0 aromatic heterocycles. The van der Waals surface area contributed by atoms with E-state index in [9.17, 15) is 9.59 Å². The van der Waals surface area contributed by atoms with Gasteiger partial charge in [0.25, 0.3) is 0 Å². The number of esters is 1. The number of ketones is 1. The van der Waals surface area contributed by atoms with Gasteiger partial charge < -0.3 is 9.47 Å². The first-order valence-corrected chi connectivity index (χ1v) is 6.98. The maximum atomic E-state index is 12.1. The molecule has 0 saturated carbocycles. The highest BCUT2D eigenvalue weighted by atomic mass is 35.5. The fourth-order valence-corrected chi connectivity index (χ4v) is 1.98. The molecule has 0 bridgehead atoms. The first-order valence-electron chi connectivity index (χ1n) is 6.60. The summed E-state index contributed by atoms with van der Waals surface area (Å²) in [6.07, 6.45) is 2.00. The van der Waals surface area contributed by atoms with Crippen molar-refractivity contribution in [3.8, 4) is 5.75 Å². The Kier molecular flexibility index (Phi) is 7.09. The fraction of sp³-hybridized carbons (Fsp3) is 0.467. The number of ether oxygens (including phenoxy) is 2. The molecule has 0 unspecified atom stereocenters. The molecule has 0 radical (unpaired) electrons. The zero-order valence-electron chi connectivity index (χ0n) is 11.8. The SMILES string of the molecule is CCOC(=O)CCCCC(=O)c1ccc(Cl)cc1OC. The van der Waals surface area contributed by atoms with Crippen LogP contribution < -0.4 is 4.74 Å². The van der Waals surface area contributed by atoms with Gasteiger partial charge in [0.2, 0.25) is 0 Å². The third-order valence-electron chi connectivity index (χ3n) is 2.80. The zero-order valence-corrected chi connectivity index (χ0v) is 12.5. The maximum absolute atomic E-state index is 12.1. The largest absolute Gasteiger partial charge is 0.496 e. The molecular formula is C15H19ClO4. The van der Waals surface area contributed by atoms with Crippen LogP contribution in [0.1, 0.15) is 43.0 Å². The summed E-state index contributed by atoms with van der Waals surface area (Å²) in [7, 11) is 1.50. The average Bonchev–Trinajstić information content (AvgIpc) is 2.43. The van der Waals surface area contributed by atoms with Crippen molar-refractivity contribution in [1.82, 2.24) is 0 Å². The molecule has 5 heteroatoms. The van der Waals surface area contributed by atoms with Crippen molar-refractivity contribution in [2.24, 2.45) is 0 Å². The van der Waals surface area contributed by atoms with Gasteiger partial charge in [0.15, 0.2) is 5.78 Å². The summed E-state index contributed by atoms with van der Waals surface area (Å²) in [5, 5.41) is 0.528. The lowest BCUT2D eigenvalue weighted by atomic mass is 10.0. The second kappa shape index (κ2) is 8.59. The smallest absolute Gasteiger partial charge is 0.305 e. The molecule has 0 N–H and O–H groups in total.